The van der Waals surface area contributed by atoms with Crippen LogP contribution >= 0.6 is 27.3 Å². The third-order valence-electron chi connectivity index (χ3n) is 3.96. The van der Waals surface area contributed by atoms with Crippen LogP contribution in [-0.4, -0.2) is 60.0 Å². The minimum absolute atomic E-state index is 0.178. The number of halogens is 1. The highest BCUT2D eigenvalue weighted by Gasteiger charge is 2.40. The highest BCUT2D eigenvalue weighted by molar-refractivity contribution is 9.11. The lowest BCUT2D eigenvalue weighted by atomic mass is 10.2. The van der Waals surface area contributed by atoms with E-state index < -0.39 is 28.0 Å². The summed E-state index contributed by atoms with van der Waals surface area (Å²) in [4.78, 5) is 21.1. The highest BCUT2D eigenvalue weighted by Crippen LogP contribution is 2.32. The summed E-state index contributed by atoms with van der Waals surface area (Å²) < 4.78 is 26.4. The van der Waals surface area contributed by atoms with E-state index in [1.165, 1.54) is 6.07 Å². The molecule has 2 atom stereocenters. The molecule has 2 aliphatic rings. The van der Waals surface area contributed by atoms with Crippen molar-refractivity contribution in [2.75, 3.05) is 13.1 Å². The number of hydrogen-bond acceptors (Lipinski definition) is 6. The lowest BCUT2D eigenvalue weighted by Crippen LogP contribution is -2.40. The van der Waals surface area contributed by atoms with Gasteiger partial charge in [-0.05, 0) is 60.3 Å². The van der Waals surface area contributed by atoms with Crippen LogP contribution in [0.4, 0.5) is 0 Å². The zero-order chi connectivity index (χ0) is 18.6. The molecule has 0 aliphatic carbocycles. The molecule has 1 aromatic heterocycles. The maximum absolute atomic E-state index is 12.2. The molecule has 3 rings (SSSR count). The van der Waals surface area contributed by atoms with E-state index in [4.69, 9.17) is 10.2 Å². The van der Waals surface area contributed by atoms with Gasteiger partial charge in [0.15, 0.2) is 0 Å². The molecule has 140 valence electrons. The van der Waals surface area contributed by atoms with Gasteiger partial charge in [0.05, 0.1) is 3.79 Å². The number of hydrogen-bond donors (Lipinski definition) is 3. The minimum Gasteiger partial charge on any atom is -0.480 e. The molecule has 2 aliphatic heterocycles. The van der Waals surface area contributed by atoms with Crippen LogP contribution in [0.3, 0.4) is 0 Å². The second kappa shape index (κ2) is 8.58. The van der Waals surface area contributed by atoms with Crippen LogP contribution in [0.15, 0.2) is 20.1 Å². The van der Waals surface area contributed by atoms with Gasteiger partial charge in [-0.1, -0.05) is 0 Å². The van der Waals surface area contributed by atoms with Gasteiger partial charge < -0.3 is 15.5 Å². The van der Waals surface area contributed by atoms with Gasteiger partial charge in [-0.2, -0.15) is 4.31 Å². The maximum Gasteiger partial charge on any atom is 0.322 e. The number of thiophene rings is 1. The van der Waals surface area contributed by atoms with E-state index in [0.29, 0.717) is 16.6 Å². The zero-order valence-corrected chi connectivity index (χ0v) is 16.4. The number of sulfonamides is 1. The molecule has 0 bridgehead atoms. The molecule has 3 heterocycles. The fourth-order valence-electron chi connectivity index (χ4n) is 2.72. The number of nitrogens with one attached hydrogen (secondary N) is 1. The quantitative estimate of drug-likeness (QED) is 0.630. The second-order valence-electron chi connectivity index (χ2n) is 5.66. The first-order valence-electron chi connectivity index (χ1n) is 7.69. The molecule has 0 unspecified atom stereocenters. The smallest absolute Gasteiger partial charge is 0.322 e. The molecule has 0 radical (unpaired) electrons. The van der Waals surface area contributed by atoms with E-state index in [-0.39, 0.29) is 16.8 Å². The third kappa shape index (κ3) is 5.00. The van der Waals surface area contributed by atoms with Crippen molar-refractivity contribution in [3.05, 3.63) is 15.9 Å². The first kappa shape index (κ1) is 20.3. The van der Waals surface area contributed by atoms with Crippen LogP contribution in [0.5, 0.6) is 0 Å². The Labute approximate surface area is 158 Å². The molecule has 3 N–H and O–H groups in total. The van der Waals surface area contributed by atoms with Crippen molar-refractivity contribution in [1.82, 2.24) is 9.62 Å². The van der Waals surface area contributed by atoms with Gasteiger partial charge in [-0.3, -0.25) is 9.59 Å². The predicted octanol–water partition coefficient (Wildman–Crippen LogP) is 1.57. The van der Waals surface area contributed by atoms with E-state index in [1.807, 2.05) is 0 Å². The van der Waals surface area contributed by atoms with Crippen molar-refractivity contribution in [2.45, 2.75) is 42.0 Å². The molecule has 0 saturated carbocycles. The number of aliphatic carboxylic acids is 2. The topological polar surface area (TPSA) is 124 Å². The Morgan fingerprint density at radius 1 is 1.20 bits per heavy atom. The summed E-state index contributed by atoms with van der Waals surface area (Å²) in [5.41, 5.74) is 0. The molecular formula is C14H19BrN2O6S2. The van der Waals surface area contributed by atoms with E-state index in [9.17, 15) is 18.0 Å². The van der Waals surface area contributed by atoms with Crippen LogP contribution in [-0.2, 0) is 19.6 Å². The average molecular weight is 455 g/mol. The van der Waals surface area contributed by atoms with Gasteiger partial charge in [0.2, 0.25) is 0 Å². The standard InChI is InChI=1S/C9H10BrNO4S2.C5H9NO2/c10-7-3-4-8(16-7)17(14,15)11-5-1-2-6(11)9(12)13;7-5(8)4-2-1-3-6-4/h3-4,6H,1-2,5H2,(H,12,13);4,6H,1-3H2,(H,7,8)/t6-;4-/m00/s1. The van der Waals surface area contributed by atoms with Gasteiger partial charge in [0, 0.05) is 6.54 Å². The molecule has 11 heteroatoms. The fourth-order valence-corrected chi connectivity index (χ4v) is 6.51. The van der Waals surface area contributed by atoms with Gasteiger partial charge in [0.1, 0.15) is 16.3 Å². The average Bonchev–Trinajstić information content (AvgIpc) is 3.29. The first-order valence-corrected chi connectivity index (χ1v) is 10.7. The molecule has 0 amide bonds. The summed E-state index contributed by atoms with van der Waals surface area (Å²) in [6.45, 7) is 1.13. The Morgan fingerprint density at radius 3 is 2.36 bits per heavy atom. The van der Waals surface area contributed by atoms with Crippen molar-refractivity contribution in [1.29, 1.82) is 0 Å². The normalized spacial score (nSPS) is 23.9. The van der Waals surface area contributed by atoms with Crippen LogP contribution in [0.2, 0.25) is 0 Å². The van der Waals surface area contributed by atoms with Gasteiger partial charge in [-0.25, -0.2) is 8.42 Å². The van der Waals surface area contributed by atoms with Crippen LogP contribution in [0.1, 0.15) is 25.7 Å². The van der Waals surface area contributed by atoms with E-state index >= 15 is 0 Å². The Balaban J connectivity index is 0.000000236. The number of carbonyl (C=O) groups is 2. The molecule has 0 aromatic carbocycles. The summed E-state index contributed by atoms with van der Waals surface area (Å²) in [5.74, 6) is -1.80. The predicted molar refractivity (Wildman–Crippen MR) is 95.2 cm³/mol. The van der Waals surface area contributed by atoms with Crippen LogP contribution < -0.4 is 5.32 Å². The third-order valence-corrected chi connectivity index (χ3v) is 7.96. The second-order valence-corrected chi connectivity index (χ2v) is 10.2. The lowest BCUT2D eigenvalue weighted by Gasteiger charge is -2.19. The first-order chi connectivity index (χ1) is 11.7. The van der Waals surface area contributed by atoms with Gasteiger partial charge in [-0.15, -0.1) is 11.3 Å². The Bertz CT molecular complexity index is 729. The van der Waals surface area contributed by atoms with E-state index in [0.717, 1.165) is 35.0 Å². The highest BCUT2D eigenvalue weighted by atomic mass is 79.9. The molecule has 2 saturated heterocycles. The zero-order valence-electron chi connectivity index (χ0n) is 13.2. The number of carboxylic acid groups (broad SMARTS) is 2. The summed E-state index contributed by atoms with van der Waals surface area (Å²) in [7, 11) is -3.67. The SMILES string of the molecule is O=C(O)[C@@H]1CCCN1.O=C(O)[C@@H]1CCCN1S(=O)(=O)c1ccc(Br)s1. The monoisotopic (exact) mass is 454 g/mol. The minimum atomic E-state index is -3.67. The molecule has 25 heavy (non-hydrogen) atoms. The fraction of sp³-hybridized carbons (Fsp3) is 0.571. The van der Waals surface area contributed by atoms with E-state index in [1.54, 1.807) is 6.07 Å². The Kier molecular flexibility index (Phi) is 6.97. The van der Waals surface area contributed by atoms with Crippen molar-refractivity contribution in [2.24, 2.45) is 0 Å². The van der Waals surface area contributed by atoms with Crippen molar-refractivity contribution >= 4 is 49.2 Å². The van der Waals surface area contributed by atoms with Crippen molar-refractivity contribution < 1.29 is 28.2 Å². The Hall–Kier alpha value is -1.01. The number of rotatable bonds is 4. The number of nitrogens with zero attached hydrogens (tertiary/aromatic N) is 1. The van der Waals surface area contributed by atoms with Gasteiger partial charge in [0.25, 0.3) is 10.0 Å². The van der Waals surface area contributed by atoms with Crippen LogP contribution in [0, 0.1) is 0 Å². The molecule has 0 spiro atoms. The lowest BCUT2D eigenvalue weighted by molar-refractivity contribution is -0.141. The van der Waals surface area contributed by atoms with Crippen molar-refractivity contribution in [3.8, 4) is 0 Å². The Morgan fingerprint density at radius 2 is 1.92 bits per heavy atom. The summed E-state index contributed by atoms with van der Waals surface area (Å²) in [5, 5.41) is 20.2. The maximum atomic E-state index is 12.2. The van der Waals surface area contributed by atoms with Gasteiger partial charge >= 0.3 is 11.9 Å². The molecular weight excluding hydrogens is 436 g/mol. The summed E-state index contributed by atoms with van der Waals surface area (Å²) >= 11 is 4.29. The van der Waals surface area contributed by atoms with Crippen LogP contribution in [0.25, 0.3) is 0 Å². The summed E-state index contributed by atoms with van der Waals surface area (Å²) in [6, 6.07) is 1.93. The summed E-state index contributed by atoms with van der Waals surface area (Å²) in [6.07, 6.45) is 2.75. The largest absolute Gasteiger partial charge is 0.480 e. The van der Waals surface area contributed by atoms with E-state index in [2.05, 4.69) is 21.2 Å². The number of carboxylic acids is 2. The van der Waals surface area contributed by atoms with Crippen molar-refractivity contribution in [3.63, 3.8) is 0 Å². The molecule has 8 nitrogen and oxygen atoms in total. The molecule has 1 aromatic rings. The molecule has 2 fully saturated rings.